The quantitative estimate of drug-likeness (QED) is 0.440. The average Bonchev–Trinajstić information content (AvgIpc) is 3.25. The van der Waals surface area contributed by atoms with Crippen LogP contribution in [0.3, 0.4) is 0 Å². The number of pyridine rings is 2. The fraction of sp³-hybridized carbons (Fsp3) is 0.455. The lowest BCUT2D eigenvalue weighted by atomic mass is 10.1. The molecular formula is C22H25F3N6O5. The number of nitrogens with one attached hydrogen (secondary N) is 2. The molecule has 0 spiro atoms. The van der Waals surface area contributed by atoms with Gasteiger partial charge in [-0.2, -0.15) is 18.2 Å². The Morgan fingerprint density at radius 2 is 2.03 bits per heavy atom. The highest BCUT2D eigenvalue weighted by Gasteiger charge is 2.41. The van der Waals surface area contributed by atoms with E-state index in [9.17, 15) is 27.9 Å². The van der Waals surface area contributed by atoms with Crippen molar-refractivity contribution in [3.8, 4) is 5.88 Å². The molecule has 0 aromatic carbocycles. The molecule has 4 N–H and O–H groups in total. The van der Waals surface area contributed by atoms with E-state index in [1.165, 1.54) is 23.1 Å². The van der Waals surface area contributed by atoms with E-state index in [2.05, 4.69) is 15.3 Å². The molecule has 0 radical (unpaired) electrons. The van der Waals surface area contributed by atoms with Crippen LogP contribution in [-0.2, 0) is 0 Å². The Morgan fingerprint density at radius 3 is 2.75 bits per heavy atom. The number of fused-ring (bicyclic) bond motifs is 4. The number of alkyl halides is 3. The van der Waals surface area contributed by atoms with Crippen LogP contribution in [0.1, 0.15) is 23.8 Å². The summed E-state index contributed by atoms with van der Waals surface area (Å²) >= 11 is 0. The molecule has 194 valence electrons. The maximum absolute atomic E-state index is 13.3. The van der Waals surface area contributed by atoms with Crippen LogP contribution in [0.4, 0.5) is 35.3 Å². The molecule has 4 rings (SSSR count). The zero-order chi connectivity index (χ0) is 26.0. The first-order valence-corrected chi connectivity index (χ1v) is 11.2. The van der Waals surface area contributed by atoms with Crippen LogP contribution >= 0.6 is 0 Å². The van der Waals surface area contributed by atoms with Crippen LogP contribution in [0.2, 0.25) is 0 Å². The Balaban J connectivity index is 1.55. The van der Waals surface area contributed by atoms with Gasteiger partial charge in [0.15, 0.2) is 5.82 Å². The minimum atomic E-state index is -4.61. The van der Waals surface area contributed by atoms with Crippen LogP contribution in [-0.4, -0.2) is 82.8 Å². The highest BCUT2D eigenvalue weighted by molar-refractivity contribution is 6.05. The summed E-state index contributed by atoms with van der Waals surface area (Å²) in [6, 6.07) is 4.58. The number of hydrogen-bond donors (Lipinski definition) is 4. The van der Waals surface area contributed by atoms with Gasteiger partial charge < -0.3 is 25.2 Å². The number of urea groups is 1. The smallest absolute Gasteiger partial charge is 0.408 e. The number of nitrogens with zero attached hydrogens (tertiary/aromatic N) is 4. The third kappa shape index (κ3) is 5.44. The number of halogens is 3. The molecule has 2 unspecified atom stereocenters. The number of carbonyl (C=O) groups is 2. The van der Waals surface area contributed by atoms with Crippen molar-refractivity contribution < 1.29 is 37.7 Å². The Labute approximate surface area is 203 Å². The highest BCUT2D eigenvalue weighted by Crippen LogP contribution is 2.39. The van der Waals surface area contributed by atoms with Crippen LogP contribution in [0.5, 0.6) is 5.88 Å². The largest absolute Gasteiger partial charge is 0.475 e. The third-order valence-electron chi connectivity index (χ3n) is 5.83. The number of aliphatic hydroxyl groups excluding tert-OH is 2. The molecule has 0 aliphatic carbocycles. The first-order chi connectivity index (χ1) is 17.1. The predicted octanol–water partition coefficient (Wildman–Crippen LogP) is 1.52. The molecule has 3 amide bonds. The molecule has 2 aromatic rings. The molecule has 4 heterocycles. The molecule has 3 atom stereocenters. The second-order valence-corrected chi connectivity index (χ2v) is 8.47. The summed E-state index contributed by atoms with van der Waals surface area (Å²) in [4.78, 5) is 37.5. The summed E-state index contributed by atoms with van der Waals surface area (Å²) in [5.41, 5.74) is 0.337. The minimum Gasteiger partial charge on any atom is -0.475 e. The van der Waals surface area contributed by atoms with Crippen molar-refractivity contribution in [3.05, 3.63) is 36.0 Å². The molecule has 1 fully saturated rings. The summed E-state index contributed by atoms with van der Waals surface area (Å²) in [6.45, 7) is 1.34. The van der Waals surface area contributed by atoms with E-state index < -0.39 is 36.9 Å². The van der Waals surface area contributed by atoms with Crippen molar-refractivity contribution >= 4 is 29.3 Å². The number of rotatable bonds is 7. The fourth-order valence-electron chi connectivity index (χ4n) is 3.92. The summed E-state index contributed by atoms with van der Waals surface area (Å²) in [5.74, 6) is -0.590. The summed E-state index contributed by atoms with van der Waals surface area (Å²) in [7, 11) is 0. The zero-order valence-electron chi connectivity index (χ0n) is 19.2. The lowest BCUT2D eigenvalue weighted by Crippen LogP contribution is -2.49. The molecule has 1 saturated heterocycles. The van der Waals surface area contributed by atoms with Gasteiger partial charge in [0.05, 0.1) is 18.3 Å². The van der Waals surface area contributed by atoms with Crippen molar-refractivity contribution in [1.29, 1.82) is 0 Å². The van der Waals surface area contributed by atoms with E-state index in [4.69, 9.17) is 9.84 Å². The second-order valence-electron chi connectivity index (χ2n) is 8.47. The van der Waals surface area contributed by atoms with Gasteiger partial charge in [-0.05, 0) is 31.5 Å². The van der Waals surface area contributed by atoms with Gasteiger partial charge >= 0.3 is 12.2 Å². The second kappa shape index (κ2) is 10.1. The van der Waals surface area contributed by atoms with Crippen molar-refractivity contribution in [3.63, 3.8) is 0 Å². The normalized spacial score (nSPS) is 18.3. The van der Waals surface area contributed by atoms with Gasteiger partial charge in [-0.3, -0.25) is 15.0 Å². The van der Waals surface area contributed by atoms with Crippen molar-refractivity contribution in [1.82, 2.24) is 15.3 Å². The summed E-state index contributed by atoms with van der Waals surface area (Å²) < 4.78 is 43.9. The van der Waals surface area contributed by atoms with Gasteiger partial charge in [0, 0.05) is 19.2 Å². The van der Waals surface area contributed by atoms with E-state index >= 15 is 0 Å². The van der Waals surface area contributed by atoms with E-state index in [0.717, 1.165) is 6.92 Å². The van der Waals surface area contributed by atoms with Gasteiger partial charge in [0.1, 0.15) is 30.3 Å². The highest BCUT2D eigenvalue weighted by atomic mass is 19.4. The van der Waals surface area contributed by atoms with Crippen molar-refractivity contribution in [2.45, 2.75) is 37.7 Å². The van der Waals surface area contributed by atoms with Gasteiger partial charge in [0.25, 0.3) is 5.91 Å². The number of hydrogen-bond acceptors (Lipinski definition) is 8. The molecule has 2 bridgehead atoms. The van der Waals surface area contributed by atoms with Crippen molar-refractivity contribution in [2.75, 3.05) is 41.4 Å². The fourth-order valence-corrected chi connectivity index (χ4v) is 3.92. The number of ether oxygens (including phenoxy) is 1. The summed E-state index contributed by atoms with van der Waals surface area (Å²) in [5, 5.41) is 22.9. The number of amides is 3. The molecular weight excluding hydrogens is 485 g/mol. The molecule has 2 aliphatic rings. The molecule has 2 aromatic heterocycles. The first kappa shape index (κ1) is 25.4. The monoisotopic (exact) mass is 510 g/mol. The number of aliphatic hydroxyl groups is 2. The van der Waals surface area contributed by atoms with Gasteiger partial charge in [-0.15, -0.1) is 0 Å². The lowest BCUT2D eigenvalue weighted by molar-refractivity contribution is -0.149. The standard InChI is InChI=1S/C22H25F3N6O5/c1-12(22(23,24)25)26-20(34)15-5-6-16-19(27-15)31(13-7-8-30(16)9-13)21(35)29-17-3-2-4-18(28-17)36-11-14(33)10-32/h2-6,12-14,32-33H,7-11H2,1H3,(H,26,34)(H,28,29,35)/t12?,13-,14?/m0/s1. The van der Waals surface area contributed by atoms with Gasteiger partial charge in [-0.25, -0.2) is 9.78 Å². The first-order valence-electron chi connectivity index (χ1n) is 11.2. The Hall–Kier alpha value is -3.65. The van der Waals surface area contributed by atoms with E-state index in [-0.39, 0.29) is 35.9 Å². The maximum atomic E-state index is 13.3. The lowest BCUT2D eigenvalue weighted by Gasteiger charge is -2.35. The predicted molar refractivity (Wildman–Crippen MR) is 122 cm³/mol. The Kier molecular flexibility index (Phi) is 7.17. The van der Waals surface area contributed by atoms with Gasteiger partial charge in [0.2, 0.25) is 5.88 Å². The number of carbonyl (C=O) groups excluding carboxylic acids is 2. The number of anilines is 3. The zero-order valence-corrected chi connectivity index (χ0v) is 19.2. The van der Waals surface area contributed by atoms with Crippen LogP contribution in [0.25, 0.3) is 0 Å². The number of aromatic nitrogens is 2. The molecule has 2 aliphatic heterocycles. The Morgan fingerprint density at radius 1 is 1.25 bits per heavy atom. The van der Waals surface area contributed by atoms with Crippen LogP contribution in [0.15, 0.2) is 30.3 Å². The molecule has 36 heavy (non-hydrogen) atoms. The molecule has 11 nitrogen and oxygen atoms in total. The van der Waals surface area contributed by atoms with Gasteiger partial charge in [-0.1, -0.05) is 6.07 Å². The minimum absolute atomic E-state index is 0.113. The maximum Gasteiger partial charge on any atom is 0.408 e. The van der Waals surface area contributed by atoms with E-state index in [1.54, 1.807) is 12.1 Å². The summed E-state index contributed by atoms with van der Waals surface area (Å²) in [6.07, 6.45) is -5.06. The van der Waals surface area contributed by atoms with Crippen molar-refractivity contribution in [2.24, 2.45) is 0 Å². The van der Waals surface area contributed by atoms with E-state index in [0.29, 0.717) is 25.2 Å². The molecule has 0 saturated carbocycles. The molecule has 14 heteroatoms. The SMILES string of the molecule is CC(NC(=O)c1ccc2c(n1)N(C(=O)Nc1cccc(OCC(O)CO)n1)[C@H]1CCN2C1)C(F)(F)F. The topological polar surface area (TPSA) is 140 Å². The average molecular weight is 510 g/mol. The van der Waals surface area contributed by atoms with Crippen LogP contribution < -0.4 is 25.2 Å². The van der Waals surface area contributed by atoms with E-state index in [1.807, 2.05) is 10.2 Å². The third-order valence-corrected chi connectivity index (χ3v) is 5.83. The van der Waals surface area contributed by atoms with Crippen LogP contribution in [0, 0.1) is 0 Å². The Bertz CT molecular complexity index is 1130.